The Labute approximate surface area is 137 Å². The highest BCUT2D eigenvalue weighted by atomic mass is 16.3. The number of hydrogen-bond acceptors (Lipinski definition) is 5. The highest BCUT2D eigenvalue weighted by Crippen LogP contribution is 2.24. The molecule has 1 amide bonds. The lowest BCUT2D eigenvalue weighted by molar-refractivity contribution is 0.0951. The van der Waals surface area contributed by atoms with Gasteiger partial charge in [-0.15, -0.1) is 5.10 Å². The number of nitrogens with one attached hydrogen (secondary N) is 1. The molecule has 2 aromatic heterocycles. The quantitative estimate of drug-likeness (QED) is 0.788. The van der Waals surface area contributed by atoms with Crippen LogP contribution in [0.4, 0.5) is 0 Å². The molecule has 0 saturated heterocycles. The number of furan rings is 1. The van der Waals surface area contributed by atoms with Crippen LogP contribution in [0.3, 0.4) is 0 Å². The SMILES string of the molecule is Cc1c(C(=O)NC2=NN=C(c3ccccn3)C2)oc2ccccc12. The molecule has 0 saturated carbocycles. The Morgan fingerprint density at radius 3 is 2.75 bits per heavy atom. The fourth-order valence-corrected chi connectivity index (χ4v) is 2.67. The summed E-state index contributed by atoms with van der Waals surface area (Å²) >= 11 is 0. The minimum atomic E-state index is -0.320. The molecule has 3 heterocycles. The number of pyridine rings is 1. The second kappa shape index (κ2) is 5.73. The number of carbonyl (C=O) groups excluding carboxylic acids is 1. The molecule has 1 N–H and O–H groups in total. The van der Waals surface area contributed by atoms with Gasteiger partial charge in [-0.25, -0.2) is 0 Å². The van der Waals surface area contributed by atoms with Crippen LogP contribution in [-0.4, -0.2) is 22.4 Å². The predicted octanol–water partition coefficient (Wildman–Crippen LogP) is 3.07. The van der Waals surface area contributed by atoms with Crippen molar-refractivity contribution in [2.24, 2.45) is 10.2 Å². The van der Waals surface area contributed by atoms with Crippen LogP contribution in [-0.2, 0) is 0 Å². The van der Waals surface area contributed by atoms with Crippen molar-refractivity contribution in [3.8, 4) is 0 Å². The molecule has 118 valence electrons. The first-order chi connectivity index (χ1) is 11.7. The molecule has 0 fully saturated rings. The smallest absolute Gasteiger partial charge is 0.292 e. The van der Waals surface area contributed by atoms with E-state index < -0.39 is 0 Å². The van der Waals surface area contributed by atoms with E-state index in [1.54, 1.807) is 6.20 Å². The molecule has 1 aromatic carbocycles. The molecule has 6 nitrogen and oxygen atoms in total. The van der Waals surface area contributed by atoms with Crippen LogP contribution in [0.2, 0.25) is 0 Å². The third-order valence-electron chi connectivity index (χ3n) is 3.89. The fourth-order valence-electron chi connectivity index (χ4n) is 2.67. The Balaban J connectivity index is 1.50. The van der Waals surface area contributed by atoms with Crippen LogP contribution < -0.4 is 5.32 Å². The highest BCUT2D eigenvalue weighted by molar-refractivity contribution is 6.18. The summed E-state index contributed by atoms with van der Waals surface area (Å²) in [7, 11) is 0. The summed E-state index contributed by atoms with van der Waals surface area (Å²) in [6, 6.07) is 13.2. The first-order valence-electron chi connectivity index (χ1n) is 7.56. The number of benzene rings is 1. The van der Waals surface area contributed by atoms with Gasteiger partial charge < -0.3 is 9.73 Å². The molecule has 0 spiro atoms. The number of fused-ring (bicyclic) bond motifs is 1. The van der Waals surface area contributed by atoms with Crippen LogP contribution in [0.5, 0.6) is 0 Å². The number of para-hydroxylation sites is 1. The summed E-state index contributed by atoms with van der Waals surface area (Å²) in [5, 5.41) is 11.8. The standard InChI is InChI=1S/C18H14N4O2/c1-11-12-6-2-3-8-15(12)24-17(11)18(23)20-16-10-14(21-22-16)13-7-4-5-9-19-13/h2-9H,10H2,1H3,(H,20,22,23). The molecule has 0 unspecified atom stereocenters. The van der Waals surface area contributed by atoms with E-state index >= 15 is 0 Å². The minimum Gasteiger partial charge on any atom is -0.451 e. The fraction of sp³-hybridized carbons (Fsp3) is 0.111. The highest BCUT2D eigenvalue weighted by Gasteiger charge is 2.22. The van der Waals surface area contributed by atoms with E-state index in [0.29, 0.717) is 23.6 Å². The van der Waals surface area contributed by atoms with Gasteiger partial charge in [0.25, 0.3) is 5.91 Å². The van der Waals surface area contributed by atoms with Crippen molar-refractivity contribution in [2.45, 2.75) is 13.3 Å². The zero-order chi connectivity index (χ0) is 16.5. The lowest BCUT2D eigenvalue weighted by Crippen LogP contribution is -2.30. The summed E-state index contributed by atoms with van der Waals surface area (Å²) in [5.74, 6) is 0.464. The molecular weight excluding hydrogens is 304 g/mol. The molecule has 4 rings (SSSR count). The second-order valence-electron chi connectivity index (χ2n) is 5.49. The first kappa shape index (κ1) is 14.3. The summed E-state index contributed by atoms with van der Waals surface area (Å²) in [5.41, 5.74) is 2.99. The van der Waals surface area contributed by atoms with E-state index in [1.807, 2.05) is 49.4 Å². The number of carbonyl (C=O) groups is 1. The summed E-state index contributed by atoms with van der Waals surface area (Å²) in [6.45, 7) is 1.87. The number of amides is 1. The first-order valence-corrected chi connectivity index (χ1v) is 7.56. The predicted molar refractivity (Wildman–Crippen MR) is 91.2 cm³/mol. The van der Waals surface area contributed by atoms with Gasteiger partial charge in [-0.1, -0.05) is 24.3 Å². The van der Waals surface area contributed by atoms with Gasteiger partial charge in [-0.05, 0) is 25.1 Å². The Kier molecular flexibility index (Phi) is 3.42. The number of aryl methyl sites for hydroxylation is 1. The van der Waals surface area contributed by atoms with Crippen LogP contribution >= 0.6 is 0 Å². The van der Waals surface area contributed by atoms with Crippen molar-refractivity contribution < 1.29 is 9.21 Å². The van der Waals surface area contributed by atoms with Gasteiger partial charge in [0.05, 0.1) is 17.8 Å². The largest absolute Gasteiger partial charge is 0.451 e. The van der Waals surface area contributed by atoms with Crippen molar-refractivity contribution in [1.29, 1.82) is 0 Å². The molecule has 1 aliphatic rings. The maximum Gasteiger partial charge on any atom is 0.292 e. The zero-order valence-electron chi connectivity index (χ0n) is 13.0. The molecule has 6 heteroatoms. The van der Waals surface area contributed by atoms with Gasteiger partial charge in [0.1, 0.15) is 11.4 Å². The van der Waals surface area contributed by atoms with Gasteiger partial charge in [-0.2, -0.15) is 5.10 Å². The molecule has 3 aromatic rings. The van der Waals surface area contributed by atoms with Crippen LogP contribution in [0.1, 0.15) is 28.2 Å². The van der Waals surface area contributed by atoms with Gasteiger partial charge in [0.2, 0.25) is 0 Å². The van der Waals surface area contributed by atoms with E-state index in [2.05, 4.69) is 20.5 Å². The second-order valence-corrected chi connectivity index (χ2v) is 5.49. The van der Waals surface area contributed by atoms with E-state index in [1.165, 1.54) is 0 Å². The lowest BCUT2D eigenvalue weighted by atomic mass is 10.1. The van der Waals surface area contributed by atoms with Crippen molar-refractivity contribution in [1.82, 2.24) is 10.3 Å². The maximum atomic E-state index is 12.5. The third-order valence-corrected chi connectivity index (χ3v) is 3.89. The van der Waals surface area contributed by atoms with Crippen molar-refractivity contribution in [3.05, 3.63) is 65.7 Å². The van der Waals surface area contributed by atoms with Crippen LogP contribution in [0, 0.1) is 6.92 Å². The van der Waals surface area contributed by atoms with Gasteiger partial charge in [0, 0.05) is 17.1 Å². The summed E-state index contributed by atoms with van der Waals surface area (Å²) in [4.78, 5) is 16.7. The molecular formula is C18H14N4O2. The Bertz CT molecular complexity index is 987. The third kappa shape index (κ3) is 2.48. The van der Waals surface area contributed by atoms with Crippen molar-refractivity contribution in [2.75, 3.05) is 0 Å². The van der Waals surface area contributed by atoms with Gasteiger partial charge in [-0.3, -0.25) is 9.78 Å². The average molecular weight is 318 g/mol. The van der Waals surface area contributed by atoms with Crippen molar-refractivity contribution in [3.63, 3.8) is 0 Å². The minimum absolute atomic E-state index is 0.296. The van der Waals surface area contributed by atoms with E-state index in [4.69, 9.17) is 4.42 Å². The summed E-state index contributed by atoms with van der Waals surface area (Å²) < 4.78 is 5.67. The van der Waals surface area contributed by atoms with Gasteiger partial charge in [0.15, 0.2) is 5.76 Å². The normalized spacial score (nSPS) is 13.7. The number of amidine groups is 1. The van der Waals surface area contributed by atoms with E-state index in [9.17, 15) is 4.79 Å². The molecule has 1 aliphatic heterocycles. The number of aromatic nitrogens is 1. The average Bonchev–Trinajstić information content (AvgIpc) is 3.21. The number of rotatable bonds is 2. The summed E-state index contributed by atoms with van der Waals surface area (Å²) in [6.07, 6.45) is 2.13. The monoisotopic (exact) mass is 318 g/mol. The van der Waals surface area contributed by atoms with Crippen molar-refractivity contribution >= 4 is 28.4 Å². The number of nitrogens with zero attached hydrogens (tertiary/aromatic N) is 3. The van der Waals surface area contributed by atoms with Gasteiger partial charge >= 0.3 is 0 Å². The Morgan fingerprint density at radius 1 is 1.12 bits per heavy atom. The molecule has 0 atom stereocenters. The van der Waals surface area contributed by atoms with E-state index in [0.717, 1.165) is 22.4 Å². The Morgan fingerprint density at radius 2 is 1.96 bits per heavy atom. The molecule has 24 heavy (non-hydrogen) atoms. The van der Waals surface area contributed by atoms with Crippen LogP contribution in [0.15, 0.2) is 63.3 Å². The van der Waals surface area contributed by atoms with E-state index in [-0.39, 0.29) is 5.91 Å². The molecule has 0 bridgehead atoms. The number of hydrogen-bond donors (Lipinski definition) is 1. The topological polar surface area (TPSA) is 79.9 Å². The zero-order valence-corrected chi connectivity index (χ0v) is 13.0. The molecule has 0 radical (unpaired) electrons. The Hall–Kier alpha value is -3.28. The van der Waals surface area contributed by atoms with Crippen LogP contribution in [0.25, 0.3) is 11.0 Å². The molecule has 0 aliphatic carbocycles. The maximum absolute atomic E-state index is 12.5. The lowest BCUT2D eigenvalue weighted by Gasteiger charge is -2.03.